The fraction of sp³-hybridized carbons (Fsp3) is 0.538. The van der Waals surface area contributed by atoms with E-state index in [1.165, 1.54) is 18.4 Å². The maximum absolute atomic E-state index is 9.19. The molecule has 1 fully saturated rings. The number of likely N-dealkylation sites (N-methyl/N-ethyl adjacent to an activating group) is 1. The Morgan fingerprint density at radius 3 is 2.75 bits per heavy atom. The van der Waals surface area contributed by atoms with Gasteiger partial charge in [0.2, 0.25) is 0 Å². The zero-order valence-corrected chi connectivity index (χ0v) is 9.72. The third-order valence-corrected chi connectivity index (χ3v) is 2.93. The van der Waals surface area contributed by atoms with Crippen LogP contribution >= 0.6 is 0 Å². The predicted octanol–water partition coefficient (Wildman–Crippen LogP) is 2.00. The van der Waals surface area contributed by atoms with E-state index in [1.54, 1.807) is 12.1 Å². The second kappa shape index (κ2) is 5.32. The quantitative estimate of drug-likeness (QED) is 0.844. The summed E-state index contributed by atoms with van der Waals surface area (Å²) in [4.78, 5) is 2.27. The van der Waals surface area contributed by atoms with Crippen LogP contribution in [0.15, 0.2) is 24.3 Å². The van der Waals surface area contributed by atoms with Crippen molar-refractivity contribution in [1.29, 1.82) is 0 Å². The summed E-state index contributed by atoms with van der Waals surface area (Å²) in [6.07, 6.45) is 2.78. The molecule has 1 aromatic carbocycles. The molecule has 0 aliphatic carbocycles. The summed E-state index contributed by atoms with van der Waals surface area (Å²) in [5.41, 5.74) is 1.22. The average Bonchev–Trinajstić information content (AvgIpc) is 2.74. The fourth-order valence-electron chi connectivity index (χ4n) is 2.11. The molecule has 1 aliphatic heterocycles. The van der Waals surface area contributed by atoms with Crippen LogP contribution in [0, 0.1) is 0 Å². The van der Waals surface area contributed by atoms with Crippen molar-refractivity contribution in [2.45, 2.75) is 25.5 Å². The van der Waals surface area contributed by atoms with E-state index in [2.05, 4.69) is 11.9 Å². The first kappa shape index (κ1) is 11.4. The van der Waals surface area contributed by atoms with Gasteiger partial charge in [0.15, 0.2) is 0 Å². The van der Waals surface area contributed by atoms with E-state index in [9.17, 15) is 5.11 Å². The fourth-order valence-corrected chi connectivity index (χ4v) is 2.11. The van der Waals surface area contributed by atoms with Crippen LogP contribution in [0.25, 0.3) is 0 Å². The van der Waals surface area contributed by atoms with Gasteiger partial charge in [0, 0.05) is 19.7 Å². The van der Waals surface area contributed by atoms with Crippen molar-refractivity contribution in [1.82, 2.24) is 4.90 Å². The molecule has 0 aromatic heterocycles. The molecule has 3 nitrogen and oxygen atoms in total. The van der Waals surface area contributed by atoms with Crippen molar-refractivity contribution in [3.05, 3.63) is 29.8 Å². The van der Waals surface area contributed by atoms with E-state index in [0.717, 1.165) is 19.7 Å². The number of phenols is 1. The molecule has 1 N–H and O–H groups in total. The average molecular weight is 221 g/mol. The molecule has 0 bridgehead atoms. The molecule has 2 rings (SSSR count). The molecular weight excluding hydrogens is 202 g/mol. The monoisotopic (exact) mass is 221 g/mol. The van der Waals surface area contributed by atoms with E-state index in [-0.39, 0.29) is 0 Å². The Hall–Kier alpha value is -1.06. The molecule has 0 spiro atoms. The highest BCUT2D eigenvalue weighted by atomic mass is 16.5. The topological polar surface area (TPSA) is 32.7 Å². The van der Waals surface area contributed by atoms with Crippen LogP contribution in [-0.4, -0.2) is 36.3 Å². The third-order valence-electron chi connectivity index (χ3n) is 2.93. The van der Waals surface area contributed by atoms with Gasteiger partial charge in [-0.2, -0.15) is 0 Å². The molecule has 0 saturated carbocycles. The number of rotatable bonds is 4. The third kappa shape index (κ3) is 3.22. The molecule has 1 aromatic rings. The molecule has 0 radical (unpaired) electrons. The Morgan fingerprint density at radius 1 is 1.38 bits per heavy atom. The van der Waals surface area contributed by atoms with Gasteiger partial charge in [-0.1, -0.05) is 12.1 Å². The molecule has 88 valence electrons. The van der Waals surface area contributed by atoms with Gasteiger partial charge >= 0.3 is 0 Å². The van der Waals surface area contributed by atoms with E-state index >= 15 is 0 Å². The Bertz CT molecular complexity index is 317. The van der Waals surface area contributed by atoms with Crippen molar-refractivity contribution >= 4 is 0 Å². The number of hydrogen-bond acceptors (Lipinski definition) is 3. The maximum Gasteiger partial charge on any atom is 0.115 e. The summed E-state index contributed by atoms with van der Waals surface area (Å²) in [5, 5.41) is 9.19. The van der Waals surface area contributed by atoms with Crippen molar-refractivity contribution < 1.29 is 9.84 Å². The van der Waals surface area contributed by atoms with Gasteiger partial charge in [-0.15, -0.1) is 0 Å². The molecule has 1 saturated heterocycles. The molecule has 3 heteroatoms. The number of hydrogen-bond donors (Lipinski definition) is 1. The van der Waals surface area contributed by atoms with Gasteiger partial charge in [-0.25, -0.2) is 0 Å². The van der Waals surface area contributed by atoms with Gasteiger partial charge in [0.1, 0.15) is 5.75 Å². The molecule has 1 aliphatic rings. The second-order valence-corrected chi connectivity index (χ2v) is 4.50. The lowest BCUT2D eigenvalue weighted by Crippen LogP contribution is -2.28. The molecule has 1 unspecified atom stereocenters. The first-order valence-corrected chi connectivity index (χ1v) is 5.82. The van der Waals surface area contributed by atoms with Crippen molar-refractivity contribution in [2.75, 3.05) is 20.2 Å². The number of ether oxygens (including phenoxy) is 1. The lowest BCUT2D eigenvalue weighted by atomic mass is 10.2. The Kier molecular flexibility index (Phi) is 3.80. The molecule has 1 heterocycles. The standard InChI is InChI=1S/C13H19NO2/c1-14(10-13-3-2-8-16-13)9-11-4-6-12(15)7-5-11/h4-7,13,15H,2-3,8-10H2,1H3. The summed E-state index contributed by atoms with van der Waals surface area (Å²) in [7, 11) is 2.11. The minimum absolute atomic E-state index is 0.325. The van der Waals surface area contributed by atoms with E-state index in [4.69, 9.17) is 4.74 Å². The second-order valence-electron chi connectivity index (χ2n) is 4.50. The summed E-state index contributed by atoms with van der Waals surface area (Å²) < 4.78 is 5.60. The first-order chi connectivity index (χ1) is 7.74. The van der Waals surface area contributed by atoms with Crippen LogP contribution in [0.5, 0.6) is 5.75 Å². The minimum Gasteiger partial charge on any atom is -0.508 e. The predicted molar refractivity (Wildman–Crippen MR) is 63.4 cm³/mol. The van der Waals surface area contributed by atoms with Crippen LogP contribution in [0.3, 0.4) is 0 Å². The van der Waals surface area contributed by atoms with Gasteiger partial charge in [0.05, 0.1) is 6.10 Å². The Balaban J connectivity index is 1.81. The highest BCUT2D eigenvalue weighted by Gasteiger charge is 2.17. The van der Waals surface area contributed by atoms with Crippen molar-refractivity contribution in [3.63, 3.8) is 0 Å². The summed E-state index contributed by atoms with van der Waals surface area (Å²) in [6, 6.07) is 7.38. The largest absolute Gasteiger partial charge is 0.508 e. The lowest BCUT2D eigenvalue weighted by Gasteiger charge is -2.20. The van der Waals surface area contributed by atoms with Crippen molar-refractivity contribution in [3.8, 4) is 5.75 Å². The zero-order chi connectivity index (χ0) is 11.4. The summed E-state index contributed by atoms with van der Waals surface area (Å²) in [6.45, 7) is 2.80. The van der Waals surface area contributed by atoms with E-state index in [1.807, 2.05) is 12.1 Å². The summed E-state index contributed by atoms with van der Waals surface area (Å²) >= 11 is 0. The molecular formula is C13H19NO2. The number of nitrogens with zero attached hydrogens (tertiary/aromatic N) is 1. The SMILES string of the molecule is CN(Cc1ccc(O)cc1)CC1CCCO1. The Labute approximate surface area is 96.6 Å². The maximum atomic E-state index is 9.19. The molecule has 0 amide bonds. The van der Waals surface area contributed by atoms with Crippen LogP contribution in [0.4, 0.5) is 0 Å². The number of benzene rings is 1. The van der Waals surface area contributed by atoms with Crippen molar-refractivity contribution in [2.24, 2.45) is 0 Å². The number of phenolic OH excluding ortho intramolecular Hbond substituents is 1. The molecule has 1 atom stereocenters. The van der Waals surface area contributed by atoms with Gasteiger partial charge in [0.25, 0.3) is 0 Å². The van der Waals surface area contributed by atoms with Crippen LogP contribution in [-0.2, 0) is 11.3 Å². The van der Waals surface area contributed by atoms with E-state index < -0.39 is 0 Å². The Morgan fingerprint density at radius 2 is 2.12 bits per heavy atom. The minimum atomic E-state index is 0.325. The van der Waals surface area contributed by atoms with Gasteiger partial charge in [-0.3, -0.25) is 4.90 Å². The molecule has 16 heavy (non-hydrogen) atoms. The number of aromatic hydroxyl groups is 1. The van der Waals surface area contributed by atoms with Crippen LogP contribution in [0.1, 0.15) is 18.4 Å². The first-order valence-electron chi connectivity index (χ1n) is 5.82. The summed E-state index contributed by atoms with van der Waals surface area (Å²) in [5.74, 6) is 0.325. The highest BCUT2D eigenvalue weighted by molar-refractivity contribution is 5.25. The van der Waals surface area contributed by atoms with Crippen LogP contribution < -0.4 is 0 Å². The smallest absolute Gasteiger partial charge is 0.115 e. The zero-order valence-electron chi connectivity index (χ0n) is 9.72. The van der Waals surface area contributed by atoms with Gasteiger partial charge < -0.3 is 9.84 Å². The normalized spacial score (nSPS) is 20.5. The highest BCUT2D eigenvalue weighted by Crippen LogP contribution is 2.15. The van der Waals surface area contributed by atoms with Gasteiger partial charge in [-0.05, 0) is 37.6 Å². The van der Waals surface area contributed by atoms with E-state index in [0.29, 0.717) is 11.9 Å². The van der Waals surface area contributed by atoms with Crippen LogP contribution in [0.2, 0.25) is 0 Å². The lowest BCUT2D eigenvalue weighted by molar-refractivity contribution is 0.0793.